The molecule has 0 saturated heterocycles. The van der Waals surface area contributed by atoms with Crippen molar-refractivity contribution in [3.8, 4) is 11.1 Å². The molecule has 4 heteroatoms. The molecule has 11 aromatic rings. The monoisotopic (exact) mass is 673 g/mol. The van der Waals surface area contributed by atoms with E-state index in [2.05, 4.69) is 157 Å². The maximum Gasteiger partial charge on any atom is 0.135 e. The van der Waals surface area contributed by atoms with Crippen LogP contribution in [0.1, 0.15) is 0 Å². The number of benzene rings is 8. The summed E-state index contributed by atoms with van der Waals surface area (Å²) in [6.45, 7) is 0. The van der Waals surface area contributed by atoms with E-state index in [1.165, 1.54) is 62.2 Å². The van der Waals surface area contributed by atoms with Crippen LogP contribution in [0, 0.1) is 0 Å². The van der Waals surface area contributed by atoms with Gasteiger partial charge in [-0.2, -0.15) is 0 Å². The molecule has 0 amide bonds. The van der Waals surface area contributed by atoms with Crippen molar-refractivity contribution in [2.24, 2.45) is 0 Å². The van der Waals surface area contributed by atoms with Gasteiger partial charge in [0.15, 0.2) is 0 Å². The number of nitrogens with zero attached hydrogens (tertiary/aromatic N) is 1. The van der Waals surface area contributed by atoms with Gasteiger partial charge in [-0.15, -0.1) is 22.7 Å². The van der Waals surface area contributed by atoms with Gasteiger partial charge in [0, 0.05) is 68.2 Å². The molecule has 8 aromatic carbocycles. The van der Waals surface area contributed by atoms with Crippen LogP contribution in [0.5, 0.6) is 0 Å². The summed E-state index contributed by atoms with van der Waals surface area (Å²) in [5, 5.41) is 10.1. The molecule has 0 bridgehead atoms. The fourth-order valence-corrected chi connectivity index (χ4v) is 9.92. The van der Waals surface area contributed by atoms with Crippen LogP contribution in [-0.4, -0.2) is 0 Å². The van der Waals surface area contributed by atoms with Crippen molar-refractivity contribution in [1.29, 1.82) is 0 Å². The normalized spacial score (nSPS) is 12.0. The van der Waals surface area contributed by atoms with E-state index in [1.54, 1.807) is 0 Å². The molecule has 0 aliphatic heterocycles. The Balaban J connectivity index is 1.06. The minimum absolute atomic E-state index is 0.898. The minimum Gasteiger partial charge on any atom is -0.456 e. The maximum absolute atomic E-state index is 6.21. The number of anilines is 3. The summed E-state index contributed by atoms with van der Waals surface area (Å²) in [4.78, 5) is 2.37. The van der Waals surface area contributed by atoms with Gasteiger partial charge in [0.1, 0.15) is 11.2 Å². The summed E-state index contributed by atoms with van der Waals surface area (Å²) < 4.78 is 11.5. The second-order valence-electron chi connectivity index (χ2n) is 12.9. The highest BCUT2D eigenvalue weighted by Gasteiger charge is 2.18. The summed E-state index contributed by atoms with van der Waals surface area (Å²) in [6.07, 6.45) is 0. The number of thiophene rings is 2. The van der Waals surface area contributed by atoms with E-state index in [0.717, 1.165) is 39.0 Å². The van der Waals surface area contributed by atoms with E-state index in [-0.39, 0.29) is 0 Å². The first kappa shape index (κ1) is 28.0. The molecule has 2 nitrogen and oxygen atoms in total. The Bertz CT molecular complexity index is 3110. The Labute approximate surface area is 295 Å². The van der Waals surface area contributed by atoms with E-state index in [1.807, 2.05) is 34.8 Å². The molecule has 11 rings (SSSR count). The fourth-order valence-electron chi connectivity index (χ4n) is 7.68. The molecule has 0 radical (unpaired) electrons. The van der Waals surface area contributed by atoms with Crippen molar-refractivity contribution in [1.82, 2.24) is 0 Å². The molecule has 234 valence electrons. The zero-order valence-corrected chi connectivity index (χ0v) is 28.4. The summed E-state index contributed by atoms with van der Waals surface area (Å²) in [5.41, 5.74) is 7.55. The van der Waals surface area contributed by atoms with Crippen molar-refractivity contribution >= 4 is 113 Å². The first-order chi connectivity index (χ1) is 24.7. The van der Waals surface area contributed by atoms with Crippen LogP contribution >= 0.6 is 22.7 Å². The highest BCUT2D eigenvalue weighted by atomic mass is 32.1. The van der Waals surface area contributed by atoms with E-state index in [4.69, 9.17) is 4.42 Å². The van der Waals surface area contributed by atoms with Crippen molar-refractivity contribution < 1.29 is 4.42 Å². The van der Waals surface area contributed by atoms with E-state index in [9.17, 15) is 0 Å². The third kappa shape index (κ3) is 4.26. The average Bonchev–Trinajstić information content (AvgIpc) is 3.86. The first-order valence-electron chi connectivity index (χ1n) is 16.8. The number of fused-ring (bicyclic) bond motifs is 11. The van der Waals surface area contributed by atoms with Gasteiger partial charge in [-0.05, 0) is 94.7 Å². The summed E-state index contributed by atoms with van der Waals surface area (Å²) in [7, 11) is 0. The molecule has 50 heavy (non-hydrogen) atoms. The van der Waals surface area contributed by atoms with Gasteiger partial charge >= 0.3 is 0 Å². The van der Waals surface area contributed by atoms with Crippen LogP contribution in [0.25, 0.3) is 84.2 Å². The Hall–Kier alpha value is -5.94. The molecule has 3 heterocycles. The smallest absolute Gasteiger partial charge is 0.135 e. The molecule has 0 fully saturated rings. The predicted octanol–water partition coefficient (Wildman–Crippen LogP) is 14.6. The number of hydrogen-bond donors (Lipinski definition) is 0. The molecular formula is C46H27NOS2. The molecule has 0 N–H and O–H groups in total. The first-order valence-corrected chi connectivity index (χ1v) is 18.5. The number of para-hydroxylation sites is 1. The van der Waals surface area contributed by atoms with E-state index < -0.39 is 0 Å². The lowest BCUT2D eigenvalue weighted by atomic mass is 9.99. The van der Waals surface area contributed by atoms with Crippen LogP contribution in [0.15, 0.2) is 168 Å². The third-order valence-electron chi connectivity index (χ3n) is 10.1. The molecule has 0 unspecified atom stereocenters. The number of hydrogen-bond acceptors (Lipinski definition) is 4. The van der Waals surface area contributed by atoms with Crippen molar-refractivity contribution in [3.63, 3.8) is 0 Å². The number of furan rings is 1. The highest BCUT2D eigenvalue weighted by Crippen LogP contribution is 2.44. The summed E-state index contributed by atoms with van der Waals surface area (Å²) in [5.74, 6) is 0. The molecule has 0 atom stereocenters. The predicted molar refractivity (Wildman–Crippen MR) is 217 cm³/mol. The van der Waals surface area contributed by atoms with Crippen LogP contribution in [0.3, 0.4) is 0 Å². The lowest BCUT2D eigenvalue weighted by molar-refractivity contribution is 0.669. The van der Waals surface area contributed by atoms with Crippen molar-refractivity contribution in [3.05, 3.63) is 164 Å². The minimum atomic E-state index is 0.898. The van der Waals surface area contributed by atoms with Gasteiger partial charge in [0.25, 0.3) is 0 Å². The topological polar surface area (TPSA) is 16.4 Å². The van der Waals surface area contributed by atoms with Gasteiger partial charge in [-0.1, -0.05) is 91.0 Å². The summed E-state index contributed by atoms with van der Waals surface area (Å²) in [6, 6.07) is 59.6. The van der Waals surface area contributed by atoms with Gasteiger partial charge in [0.05, 0.1) is 0 Å². The second kappa shape index (κ2) is 10.8. The Kier molecular flexibility index (Phi) is 6.03. The SMILES string of the molecule is c1ccc2c(c1)ccc1sc3ccc(-c4ccc(N(c5ccc6c(c5)sc5ccccc56)c5ccc6oc7ccccc7c6c5)cc4)cc3c12. The van der Waals surface area contributed by atoms with Crippen LogP contribution in [0.2, 0.25) is 0 Å². The van der Waals surface area contributed by atoms with Gasteiger partial charge < -0.3 is 9.32 Å². The maximum atomic E-state index is 6.21. The molecule has 0 aliphatic carbocycles. The van der Waals surface area contributed by atoms with Crippen LogP contribution in [0.4, 0.5) is 17.1 Å². The zero-order valence-electron chi connectivity index (χ0n) is 26.8. The average molecular weight is 674 g/mol. The zero-order chi connectivity index (χ0) is 32.8. The van der Waals surface area contributed by atoms with E-state index in [0.29, 0.717) is 0 Å². The van der Waals surface area contributed by atoms with Crippen molar-refractivity contribution in [2.75, 3.05) is 4.90 Å². The largest absolute Gasteiger partial charge is 0.456 e. The highest BCUT2D eigenvalue weighted by molar-refractivity contribution is 7.26. The molecular weight excluding hydrogens is 647 g/mol. The molecule has 0 spiro atoms. The third-order valence-corrected chi connectivity index (χ3v) is 12.3. The Morgan fingerprint density at radius 1 is 0.360 bits per heavy atom. The number of rotatable bonds is 4. The molecule has 0 aliphatic rings. The second-order valence-corrected chi connectivity index (χ2v) is 15.1. The Morgan fingerprint density at radius 3 is 1.92 bits per heavy atom. The lowest BCUT2D eigenvalue weighted by Crippen LogP contribution is -2.09. The Morgan fingerprint density at radius 2 is 1.00 bits per heavy atom. The van der Waals surface area contributed by atoms with Crippen molar-refractivity contribution in [2.45, 2.75) is 0 Å². The standard InChI is InChI=1S/C46H27NOS2/c1-2-8-34-29(7-1)15-24-44-46(34)39-25-30(16-23-43(39)49-44)28-13-17-31(18-14-28)47(32-20-22-41-38(26-32)35-9-3-5-11-40(35)48-41)33-19-21-37-36-10-4-6-12-42(36)50-45(37)27-33/h1-27H. The van der Waals surface area contributed by atoms with E-state index >= 15 is 0 Å². The molecule has 0 saturated carbocycles. The quantitative estimate of drug-likeness (QED) is 0.185. The summed E-state index contributed by atoms with van der Waals surface area (Å²) >= 11 is 3.72. The molecule has 3 aromatic heterocycles. The van der Waals surface area contributed by atoms with Gasteiger partial charge in [-0.25, -0.2) is 0 Å². The van der Waals surface area contributed by atoms with Crippen LogP contribution < -0.4 is 4.90 Å². The fraction of sp³-hybridized carbons (Fsp3) is 0. The van der Waals surface area contributed by atoms with Crippen LogP contribution in [-0.2, 0) is 0 Å². The lowest BCUT2D eigenvalue weighted by Gasteiger charge is -2.26. The van der Waals surface area contributed by atoms with Gasteiger partial charge in [-0.3, -0.25) is 0 Å². The van der Waals surface area contributed by atoms with Gasteiger partial charge in [0.2, 0.25) is 0 Å².